The molecule has 0 amide bonds. The van der Waals surface area contributed by atoms with E-state index >= 15 is 0 Å². The zero-order valence-electron chi connectivity index (χ0n) is 7.45. The highest BCUT2D eigenvalue weighted by molar-refractivity contribution is 14.0. The van der Waals surface area contributed by atoms with Gasteiger partial charge in [-0.2, -0.15) is 0 Å². The molecule has 0 saturated carbocycles. The summed E-state index contributed by atoms with van der Waals surface area (Å²) < 4.78 is 0. The van der Waals surface area contributed by atoms with Crippen molar-refractivity contribution < 1.29 is 0 Å². The SMILES string of the molecule is CCC(C)N1C=CN(C)C1.I. The standard InChI is InChI=1S/C8H16N2.HI/c1-4-8(2)10-6-5-9(3)7-10;/h5-6,8H,4,7H2,1-3H3;1H. The number of hydrogen-bond donors (Lipinski definition) is 0. The lowest BCUT2D eigenvalue weighted by atomic mass is 10.2. The number of hydrogen-bond acceptors (Lipinski definition) is 2. The maximum absolute atomic E-state index is 2.35. The van der Waals surface area contributed by atoms with E-state index in [9.17, 15) is 0 Å². The van der Waals surface area contributed by atoms with Crippen molar-refractivity contribution in [2.75, 3.05) is 13.7 Å². The van der Waals surface area contributed by atoms with Gasteiger partial charge >= 0.3 is 0 Å². The van der Waals surface area contributed by atoms with E-state index in [-0.39, 0.29) is 24.0 Å². The van der Waals surface area contributed by atoms with Gasteiger partial charge in [-0.05, 0) is 13.3 Å². The Kier molecular flexibility index (Phi) is 4.88. The zero-order chi connectivity index (χ0) is 7.56. The second-order valence-corrected chi connectivity index (χ2v) is 2.97. The van der Waals surface area contributed by atoms with Crippen molar-refractivity contribution in [2.45, 2.75) is 26.3 Å². The molecule has 0 aliphatic carbocycles. The number of rotatable bonds is 2. The first kappa shape index (κ1) is 11.1. The summed E-state index contributed by atoms with van der Waals surface area (Å²) in [5, 5.41) is 0. The second-order valence-electron chi connectivity index (χ2n) is 2.97. The molecule has 3 heteroatoms. The summed E-state index contributed by atoms with van der Waals surface area (Å²) in [6.07, 6.45) is 5.50. The first-order valence-corrected chi connectivity index (χ1v) is 3.88. The normalized spacial score (nSPS) is 18.5. The smallest absolute Gasteiger partial charge is 0.0893 e. The lowest BCUT2D eigenvalue weighted by molar-refractivity contribution is 0.237. The van der Waals surface area contributed by atoms with Gasteiger partial charge in [-0.1, -0.05) is 6.92 Å². The van der Waals surface area contributed by atoms with Crippen molar-refractivity contribution >= 4 is 24.0 Å². The van der Waals surface area contributed by atoms with Crippen LogP contribution in [0.4, 0.5) is 0 Å². The highest BCUT2D eigenvalue weighted by Gasteiger charge is 2.12. The van der Waals surface area contributed by atoms with Gasteiger partial charge in [-0.15, -0.1) is 24.0 Å². The fraction of sp³-hybridized carbons (Fsp3) is 0.750. The van der Waals surface area contributed by atoms with Gasteiger partial charge < -0.3 is 9.80 Å². The molecule has 1 unspecified atom stereocenters. The van der Waals surface area contributed by atoms with Crippen LogP contribution in [0.1, 0.15) is 20.3 Å². The molecular weight excluding hydrogens is 251 g/mol. The Morgan fingerprint density at radius 3 is 2.45 bits per heavy atom. The molecule has 0 radical (unpaired) electrons. The molecule has 11 heavy (non-hydrogen) atoms. The van der Waals surface area contributed by atoms with Gasteiger partial charge in [0.15, 0.2) is 0 Å². The summed E-state index contributed by atoms with van der Waals surface area (Å²) in [6, 6.07) is 0.682. The number of halogens is 1. The molecule has 0 fully saturated rings. The monoisotopic (exact) mass is 268 g/mol. The van der Waals surface area contributed by atoms with E-state index in [2.05, 4.69) is 43.1 Å². The first-order chi connectivity index (χ1) is 4.74. The summed E-state index contributed by atoms with van der Waals surface area (Å²) >= 11 is 0. The van der Waals surface area contributed by atoms with Crippen LogP contribution in [0, 0.1) is 0 Å². The zero-order valence-corrected chi connectivity index (χ0v) is 9.78. The molecular formula is C8H17IN2. The quantitative estimate of drug-likeness (QED) is 0.707. The predicted molar refractivity (Wildman–Crippen MR) is 58.8 cm³/mol. The Labute approximate surface area is 86.3 Å². The summed E-state index contributed by atoms with van der Waals surface area (Å²) in [5.41, 5.74) is 0. The van der Waals surface area contributed by atoms with Crippen LogP contribution in [-0.2, 0) is 0 Å². The molecule has 66 valence electrons. The van der Waals surface area contributed by atoms with Crippen LogP contribution in [0.25, 0.3) is 0 Å². The van der Waals surface area contributed by atoms with Gasteiger partial charge in [0.25, 0.3) is 0 Å². The Balaban J connectivity index is 0.000001000. The van der Waals surface area contributed by atoms with E-state index in [0.717, 1.165) is 6.67 Å². The van der Waals surface area contributed by atoms with Gasteiger partial charge in [0, 0.05) is 25.5 Å². The molecule has 0 bridgehead atoms. The molecule has 0 aromatic heterocycles. The van der Waals surface area contributed by atoms with Gasteiger partial charge in [0.2, 0.25) is 0 Å². The molecule has 1 heterocycles. The van der Waals surface area contributed by atoms with Crippen molar-refractivity contribution in [3.63, 3.8) is 0 Å². The lowest BCUT2D eigenvalue weighted by Gasteiger charge is -2.24. The Bertz CT molecular complexity index is 136. The summed E-state index contributed by atoms with van der Waals surface area (Å²) in [7, 11) is 2.10. The highest BCUT2D eigenvalue weighted by atomic mass is 127. The Morgan fingerprint density at radius 1 is 1.45 bits per heavy atom. The van der Waals surface area contributed by atoms with Crippen LogP contribution < -0.4 is 0 Å². The molecule has 0 aromatic carbocycles. The van der Waals surface area contributed by atoms with Crippen LogP contribution in [0.2, 0.25) is 0 Å². The van der Waals surface area contributed by atoms with Crippen LogP contribution in [0.15, 0.2) is 12.4 Å². The highest BCUT2D eigenvalue weighted by Crippen LogP contribution is 2.10. The summed E-state index contributed by atoms with van der Waals surface area (Å²) in [4.78, 5) is 4.53. The van der Waals surface area contributed by atoms with Crippen molar-refractivity contribution in [3.05, 3.63) is 12.4 Å². The topological polar surface area (TPSA) is 6.48 Å². The summed E-state index contributed by atoms with van der Waals surface area (Å²) in [5.74, 6) is 0. The Morgan fingerprint density at radius 2 is 2.09 bits per heavy atom. The fourth-order valence-corrected chi connectivity index (χ4v) is 1.07. The molecule has 1 atom stereocenters. The van der Waals surface area contributed by atoms with E-state index < -0.39 is 0 Å². The maximum Gasteiger partial charge on any atom is 0.0893 e. The van der Waals surface area contributed by atoms with Gasteiger partial charge in [-0.3, -0.25) is 0 Å². The minimum atomic E-state index is 0. The largest absolute Gasteiger partial charge is 0.362 e. The van der Waals surface area contributed by atoms with Crippen molar-refractivity contribution in [1.82, 2.24) is 9.80 Å². The third kappa shape index (κ3) is 2.89. The molecule has 1 rings (SSSR count). The van der Waals surface area contributed by atoms with E-state index in [1.165, 1.54) is 6.42 Å². The van der Waals surface area contributed by atoms with Crippen molar-refractivity contribution in [1.29, 1.82) is 0 Å². The third-order valence-electron chi connectivity index (χ3n) is 2.06. The Hall–Kier alpha value is 0.0700. The molecule has 0 spiro atoms. The molecule has 0 aromatic rings. The predicted octanol–water partition coefficient (Wildman–Crippen LogP) is 2.08. The van der Waals surface area contributed by atoms with Crippen LogP contribution in [0.3, 0.4) is 0 Å². The van der Waals surface area contributed by atoms with E-state index in [0.29, 0.717) is 6.04 Å². The van der Waals surface area contributed by atoms with Gasteiger partial charge in [0.1, 0.15) is 0 Å². The van der Waals surface area contributed by atoms with Crippen molar-refractivity contribution in [3.8, 4) is 0 Å². The van der Waals surface area contributed by atoms with Crippen molar-refractivity contribution in [2.24, 2.45) is 0 Å². The van der Waals surface area contributed by atoms with E-state index in [1.54, 1.807) is 0 Å². The molecule has 0 saturated heterocycles. The maximum atomic E-state index is 2.35. The van der Waals surface area contributed by atoms with Gasteiger partial charge in [-0.25, -0.2) is 0 Å². The first-order valence-electron chi connectivity index (χ1n) is 3.88. The van der Waals surface area contributed by atoms with Crippen LogP contribution >= 0.6 is 24.0 Å². The molecule has 0 N–H and O–H groups in total. The molecule has 2 nitrogen and oxygen atoms in total. The fourth-order valence-electron chi connectivity index (χ4n) is 1.07. The van der Waals surface area contributed by atoms with E-state index in [1.807, 2.05) is 0 Å². The minimum absolute atomic E-state index is 0. The average Bonchev–Trinajstić information content (AvgIpc) is 2.34. The number of nitrogens with zero attached hydrogens (tertiary/aromatic N) is 2. The van der Waals surface area contributed by atoms with Crippen LogP contribution in [0.5, 0.6) is 0 Å². The minimum Gasteiger partial charge on any atom is -0.362 e. The van der Waals surface area contributed by atoms with E-state index in [4.69, 9.17) is 0 Å². The second kappa shape index (κ2) is 4.85. The summed E-state index contributed by atoms with van der Waals surface area (Å²) in [6.45, 7) is 5.52. The molecule has 1 aliphatic rings. The van der Waals surface area contributed by atoms with Gasteiger partial charge in [0.05, 0.1) is 6.67 Å². The average molecular weight is 268 g/mol. The van der Waals surface area contributed by atoms with Crippen LogP contribution in [-0.4, -0.2) is 29.6 Å². The lowest BCUT2D eigenvalue weighted by Crippen LogP contribution is -2.29. The third-order valence-corrected chi connectivity index (χ3v) is 2.06. The molecule has 1 aliphatic heterocycles.